The molecule has 3 rings (SSSR count). The minimum atomic E-state index is -0.534. The summed E-state index contributed by atoms with van der Waals surface area (Å²) in [4.78, 5) is 25.7. The largest absolute Gasteiger partial charge is 0.493 e. The molecule has 0 bridgehead atoms. The Labute approximate surface area is 179 Å². The molecule has 2 aromatic rings. The van der Waals surface area contributed by atoms with Gasteiger partial charge in [0, 0.05) is 4.88 Å². The predicted octanol–water partition coefficient (Wildman–Crippen LogP) is 3.98. The van der Waals surface area contributed by atoms with E-state index in [0.717, 1.165) is 41.7 Å². The van der Waals surface area contributed by atoms with E-state index in [1.54, 1.807) is 25.3 Å². The molecule has 1 heterocycles. The lowest BCUT2D eigenvalue weighted by Gasteiger charge is -2.11. The van der Waals surface area contributed by atoms with E-state index in [1.807, 2.05) is 6.92 Å². The van der Waals surface area contributed by atoms with Gasteiger partial charge in [0.05, 0.1) is 32.6 Å². The van der Waals surface area contributed by atoms with E-state index in [1.165, 1.54) is 24.7 Å². The first-order valence-electron chi connectivity index (χ1n) is 9.71. The Bertz CT molecular complexity index is 954. The van der Waals surface area contributed by atoms with Crippen LogP contribution in [0.2, 0.25) is 0 Å². The first-order chi connectivity index (χ1) is 14.6. The van der Waals surface area contributed by atoms with Crippen LogP contribution in [0, 0.1) is 0 Å². The van der Waals surface area contributed by atoms with E-state index >= 15 is 0 Å². The second-order valence-electron chi connectivity index (χ2n) is 6.57. The number of hydrazone groups is 1. The molecule has 1 aliphatic carbocycles. The van der Waals surface area contributed by atoms with Crippen molar-refractivity contribution < 1.29 is 23.8 Å². The van der Waals surface area contributed by atoms with Crippen LogP contribution in [-0.2, 0) is 17.6 Å². The molecule has 1 aromatic carbocycles. The molecule has 1 aromatic heterocycles. The lowest BCUT2D eigenvalue weighted by atomic mass is 9.95. The zero-order chi connectivity index (χ0) is 21.5. The minimum absolute atomic E-state index is 0.435. The number of nitrogens with zero attached hydrogens (tertiary/aromatic N) is 1. The molecule has 9 heteroatoms. The lowest BCUT2D eigenvalue weighted by Crippen LogP contribution is -2.24. The average molecular weight is 432 g/mol. The highest BCUT2D eigenvalue weighted by molar-refractivity contribution is 7.17. The van der Waals surface area contributed by atoms with Crippen molar-refractivity contribution in [3.05, 3.63) is 39.8 Å². The number of nitrogens with one attached hydrogen (secondary N) is 2. The van der Waals surface area contributed by atoms with Gasteiger partial charge in [-0.25, -0.2) is 15.0 Å². The predicted molar refractivity (Wildman–Crippen MR) is 116 cm³/mol. The van der Waals surface area contributed by atoms with E-state index in [-0.39, 0.29) is 0 Å². The monoisotopic (exact) mass is 431 g/mol. The van der Waals surface area contributed by atoms with Crippen molar-refractivity contribution in [2.24, 2.45) is 5.10 Å². The highest BCUT2D eigenvalue weighted by atomic mass is 32.1. The average Bonchev–Trinajstić information content (AvgIpc) is 3.11. The number of carbonyl (C=O) groups excluding carboxylic acids is 2. The van der Waals surface area contributed by atoms with E-state index < -0.39 is 12.0 Å². The number of ether oxygens (including phenoxy) is 3. The van der Waals surface area contributed by atoms with Gasteiger partial charge in [-0.2, -0.15) is 5.10 Å². The van der Waals surface area contributed by atoms with Gasteiger partial charge in [0.2, 0.25) is 0 Å². The van der Waals surface area contributed by atoms with Crippen molar-refractivity contribution in [2.75, 3.05) is 26.1 Å². The number of urea groups is 1. The van der Waals surface area contributed by atoms with E-state index in [4.69, 9.17) is 14.2 Å². The van der Waals surface area contributed by atoms with Crippen LogP contribution in [-0.4, -0.2) is 39.0 Å². The summed E-state index contributed by atoms with van der Waals surface area (Å²) in [5.41, 5.74) is 4.59. The molecule has 2 N–H and O–H groups in total. The zero-order valence-corrected chi connectivity index (χ0v) is 18.1. The maximum atomic E-state index is 12.3. The molecule has 2 amide bonds. The Morgan fingerprint density at radius 1 is 1.20 bits per heavy atom. The van der Waals surface area contributed by atoms with E-state index in [0.29, 0.717) is 28.7 Å². The van der Waals surface area contributed by atoms with Crippen LogP contribution < -0.4 is 20.2 Å². The lowest BCUT2D eigenvalue weighted by molar-refractivity contribution is 0.0601. The Morgan fingerprint density at radius 3 is 2.73 bits per heavy atom. The van der Waals surface area contributed by atoms with Gasteiger partial charge in [-0.3, -0.25) is 5.32 Å². The summed E-state index contributed by atoms with van der Waals surface area (Å²) in [6.45, 7) is 2.43. The Kier molecular flexibility index (Phi) is 7.29. The molecule has 0 saturated heterocycles. The van der Waals surface area contributed by atoms with Crippen molar-refractivity contribution in [2.45, 2.75) is 32.6 Å². The standard InChI is InChI=1S/C21H25N3O5S/c1-4-29-15-10-9-13(11-16(15)27-2)12-22-24-21(26)23-19-18(20(25)28-3)14-7-5-6-8-17(14)30-19/h9-12H,4-8H2,1-3H3,(H2,23,24,26). The summed E-state index contributed by atoms with van der Waals surface area (Å²) in [6.07, 6.45) is 5.33. The van der Waals surface area contributed by atoms with Gasteiger partial charge in [-0.1, -0.05) is 0 Å². The normalized spacial score (nSPS) is 12.9. The molecule has 8 nitrogen and oxygen atoms in total. The summed E-state index contributed by atoms with van der Waals surface area (Å²) < 4.78 is 15.7. The smallest absolute Gasteiger partial charge is 0.341 e. The first-order valence-corrected chi connectivity index (χ1v) is 10.5. The summed E-state index contributed by atoms with van der Waals surface area (Å²) >= 11 is 1.42. The summed E-state index contributed by atoms with van der Waals surface area (Å²) in [5.74, 6) is 0.784. The highest BCUT2D eigenvalue weighted by Crippen LogP contribution is 2.38. The Morgan fingerprint density at radius 2 is 2.00 bits per heavy atom. The molecule has 0 saturated carbocycles. The third-order valence-corrected chi connectivity index (χ3v) is 5.86. The fourth-order valence-corrected chi connectivity index (χ4v) is 4.58. The molecule has 1 aliphatic rings. The first kappa shape index (κ1) is 21.6. The highest BCUT2D eigenvalue weighted by Gasteiger charge is 2.26. The van der Waals surface area contributed by atoms with Crippen LogP contribution in [0.3, 0.4) is 0 Å². The SMILES string of the molecule is CCOc1ccc(C=NNC(=O)Nc2sc3c(c2C(=O)OC)CCCC3)cc1OC. The molecule has 0 atom stereocenters. The van der Waals surface area contributed by atoms with Crippen LogP contribution in [0.4, 0.5) is 9.80 Å². The number of esters is 1. The topological polar surface area (TPSA) is 98.2 Å². The zero-order valence-electron chi connectivity index (χ0n) is 17.2. The Hall–Kier alpha value is -3.07. The molecule has 0 radical (unpaired) electrons. The fraction of sp³-hybridized carbons (Fsp3) is 0.381. The van der Waals surface area contributed by atoms with Crippen LogP contribution in [0.25, 0.3) is 0 Å². The number of fused-ring (bicyclic) bond motifs is 1. The van der Waals surface area contributed by atoms with Gasteiger partial charge >= 0.3 is 12.0 Å². The Balaban J connectivity index is 1.68. The van der Waals surface area contributed by atoms with Crippen LogP contribution in [0.15, 0.2) is 23.3 Å². The molecular formula is C21H25N3O5S. The number of anilines is 1. The van der Waals surface area contributed by atoms with Gasteiger partial charge in [0.25, 0.3) is 0 Å². The van der Waals surface area contributed by atoms with Crippen molar-refractivity contribution in [1.82, 2.24) is 5.43 Å². The number of methoxy groups -OCH3 is 2. The number of thiophene rings is 1. The summed E-state index contributed by atoms with van der Waals surface area (Å²) in [7, 11) is 2.90. The van der Waals surface area contributed by atoms with Crippen molar-refractivity contribution in [1.29, 1.82) is 0 Å². The van der Waals surface area contributed by atoms with Gasteiger partial charge in [0.15, 0.2) is 11.5 Å². The number of aryl methyl sites for hydroxylation is 1. The van der Waals surface area contributed by atoms with Crippen molar-refractivity contribution in [3.8, 4) is 11.5 Å². The molecule has 0 spiro atoms. The molecular weight excluding hydrogens is 406 g/mol. The van der Waals surface area contributed by atoms with E-state index in [2.05, 4.69) is 15.8 Å². The number of hydrogen-bond acceptors (Lipinski definition) is 7. The second-order valence-corrected chi connectivity index (χ2v) is 7.68. The van der Waals surface area contributed by atoms with Crippen molar-refractivity contribution in [3.63, 3.8) is 0 Å². The quantitative estimate of drug-likeness (QED) is 0.393. The van der Waals surface area contributed by atoms with Crippen LogP contribution in [0.1, 0.15) is 46.1 Å². The maximum absolute atomic E-state index is 12.3. The number of carbonyl (C=O) groups is 2. The maximum Gasteiger partial charge on any atom is 0.341 e. The number of benzene rings is 1. The molecule has 160 valence electrons. The van der Waals surface area contributed by atoms with E-state index in [9.17, 15) is 9.59 Å². The molecule has 0 fully saturated rings. The number of rotatable bonds is 7. The van der Waals surface area contributed by atoms with Gasteiger partial charge in [-0.15, -0.1) is 11.3 Å². The third-order valence-electron chi connectivity index (χ3n) is 4.66. The third kappa shape index (κ3) is 4.91. The fourth-order valence-electron chi connectivity index (χ4n) is 3.31. The molecule has 0 unspecified atom stereocenters. The minimum Gasteiger partial charge on any atom is -0.493 e. The van der Waals surface area contributed by atoms with Crippen molar-refractivity contribution >= 4 is 34.6 Å². The van der Waals surface area contributed by atoms with Gasteiger partial charge in [0.1, 0.15) is 5.00 Å². The summed E-state index contributed by atoms with van der Waals surface area (Å²) in [5, 5.41) is 7.19. The van der Waals surface area contributed by atoms with Crippen LogP contribution in [0.5, 0.6) is 11.5 Å². The van der Waals surface area contributed by atoms with Crippen LogP contribution >= 0.6 is 11.3 Å². The van der Waals surface area contributed by atoms with Gasteiger partial charge in [-0.05, 0) is 61.9 Å². The molecule has 30 heavy (non-hydrogen) atoms. The van der Waals surface area contributed by atoms with Gasteiger partial charge < -0.3 is 14.2 Å². The number of hydrogen-bond donors (Lipinski definition) is 2. The second kappa shape index (κ2) is 10.1. The number of amides is 2. The summed E-state index contributed by atoms with van der Waals surface area (Å²) in [6, 6.07) is 4.81. The molecule has 0 aliphatic heterocycles.